The number of sulfonamides is 1. The van der Waals surface area contributed by atoms with Crippen LogP contribution in [0, 0.1) is 6.92 Å². The lowest BCUT2D eigenvalue weighted by Gasteiger charge is -2.24. The first-order chi connectivity index (χ1) is 11.5. The van der Waals surface area contributed by atoms with Gasteiger partial charge in [0.2, 0.25) is 10.0 Å². The zero-order valence-electron chi connectivity index (χ0n) is 14.0. The van der Waals surface area contributed by atoms with Crippen molar-refractivity contribution >= 4 is 15.9 Å². The Morgan fingerprint density at radius 3 is 2.62 bits per heavy atom. The van der Waals surface area contributed by atoms with E-state index in [1.54, 1.807) is 30.0 Å². The van der Waals surface area contributed by atoms with Gasteiger partial charge >= 0.3 is 0 Å². The molecule has 2 heterocycles. The van der Waals surface area contributed by atoms with Crippen molar-refractivity contribution < 1.29 is 17.9 Å². The van der Waals surface area contributed by atoms with E-state index >= 15 is 0 Å². The molecule has 1 atom stereocenters. The summed E-state index contributed by atoms with van der Waals surface area (Å²) in [6, 6.07) is 7.02. The fourth-order valence-electron chi connectivity index (χ4n) is 3.32. The van der Waals surface area contributed by atoms with Gasteiger partial charge in [0.25, 0.3) is 5.91 Å². The lowest BCUT2D eigenvalue weighted by Crippen LogP contribution is -2.41. The Bertz CT molecular complexity index is 698. The summed E-state index contributed by atoms with van der Waals surface area (Å²) in [5.41, 5.74) is 0.744. The molecule has 7 heteroatoms. The van der Waals surface area contributed by atoms with E-state index in [0.717, 1.165) is 18.4 Å². The van der Waals surface area contributed by atoms with E-state index in [1.165, 1.54) is 4.31 Å². The fraction of sp³-hybridized carbons (Fsp3) is 0.588. The average molecular weight is 352 g/mol. The maximum Gasteiger partial charge on any atom is 0.251 e. The molecule has 0 aromatic heterocycles. The normalized spacial score (nSPS) is 23.2. The molecule has 1 aromatic rings. The molecule has 3 rings (SSSR count). The zero-order valence-corrected chi connectivity index (χ0v) is 14.8. The number of carbonyl (C=O) groups is 1. The summed E-state index contributed by atoms with van der Waals surface area (Å²) >= 11 is 0. The van der Waals surface area contributed by atoms with Crippen molar-refractivity contribution in [3.05, 3.63) is 29.8 Å². The Hall–Kier alpha value is -1.44. The molecule has 0 saturated carbocycles. The van der Waals surface area contributed by atoms with Crippen LogP contribution in [0.4, 0.5) is 0 Å². The van der Waals surface area contributed by atoms with Crippen LogP contribution >= 0.6 is 0 Å². The number of hydrogen-bond acceptors (Lipinski definition) is 4. The summed E-state index contributed by atoms with van der Waals surface area (Å²) in [5, 5.41) is 0. The van der Waals surface area contributed by atoms with E-state index in [4.69, 9.17) is 4.74 Å². The number of hydrogen-bond donors (Lipinski definition) is 0. The van der Waals surface area contributed by atoms with Crippen LogP contribution in [-0.2, 0) is 19.6 Å². The first-order valence-electron chi connectivity index (χ1n) is 8.46. The Labute approximate surface area is 143 Å². The molecule has 0 aliphatic carbocycles. The van der Waals surface area contributed by atoms with Gasteiger partial charge in [0.15, 0.2) is 0 Å². The standard InChI is InChI=1S/C17H24N2O4S/c1-14-6-2-3-8-16(14)24(21,22)19-10-5-9-18(11-12-19)17(20)15-7-4-13-23-15/h2-3,6,8,15H,4-5,7,9-13H2,1H3. The first-order valence-corrected chi connectivity index (χ1v) is 9.90. The molecular weight excluding hydrogens is 328 g/mol. The predicted molar refractivity (Wildman–Crippen MR) is 90.1 cm³/mol. The number of carbonyl (C=O) groups excluding carboxylic acids is 1. The second-order valence-corrected chi connectivity index (χ2v) is 8.26. The van der Waals surface area contributed by atoms with Crippen molar-refractivity contribution in [1.29, 1.82) is 0 Å². The lowest BCUT2D eigenvalue weighted by atomic mass is 10.2. The molecule has 6 nitrogen and oxygen atoms in total. The Morgan fingerprint density at radius 1 is 1.12 bits per heavy atom. The predicted octanol–water partition coefficient (Wildman–Crippen LogP) is 1.40. The van der Waals surface area contributed by atoms with Gasteiger partial charge in [-0.2, -0.15) is 4.31 Å². The monoisotopic (exact) mass is 352 g/mol. The quantitative estimate of drug-likeness (QED) is 0.825. The highest BCUT2D eigenvalue weighted by Gasteiger charge is 2.32. The summed E-state index contributed by atoms with van der Waals surface area (Å²) in [5.74, 6) is 0.00244. The van der Waals surface area contributed by atoms with Crippen LogP contribution < -0.4 is 0 Å². The largest absolute Gasteiger partial charge is 0.368 e. The number of amides is 1. The van der Waals surface area contributed by atoms with Crippen molar-refractivity contribution in [3.63, 3.8) is 0 Å². The zero-order chi connectivity index (χ0) is 17.2. The number of benzene rings is 1. The molecule has 0 radical (unpaired) electrons. The summed E-state index contributed by atoms with van der Waals surface area (Å²) in [6.07, 6.45) is 1.98. The minimum atomic E-state index is -3.52. The van der Waals surface area contributed by atoms with Gasteiger partial charge in [0.1, 0.15) is 6.10 Å². The number of ether oxygens (including phenoxy) is 1. The van der Waals surface area contributed by atoms with E-state index in [9.17, 15) is 13.2 Å². The Morgan fingerprint density at radius 2 is 1.92 bits per heavy atom. The van der Waals surface area contributed by atoms with Gasteiger partial charge < -0.3 is 9.64 Å². The first kappa shape index (κ1) is 17.4. The molecule has 24 heavy (non-hydrogen) atoms. The SMILES string of the molecule is Cc1ccccc1S(=O)(=O)N1CCCN(C(=O)C2CCCO2)CC1. The number of rotatable bonds is 3. The summed E-state index contributed by atoms with van der Waals surface area (Å²) in [7, 11) is -3.52. The Balaban J connectivity index is 1.71. The van der Waals surface area contributed by atoms with Crippen LogP contribution in [0.3, 0.4) is 0 Å². The van der Waals surface area contributed by atoms with Gasteiger partial charge in [-0.15, -0.1) is 0 Å². The summed E-state index contributed by atoms with van der Waals surface area (Å²) in [4.78, 5) is 14.6. The van der Waals surface area contributed by atoms with E-state index < -0.39 is 10.0 Å². The molecule has 2 fully saturated rings. The number of nitrogens with zero attached hydrogens (tertiary/aromatic N) is 2. The van der Waals surface area contributed by atoms with Gasteiger partial charge in [0, 0.05) is 32.8 Å². The van der Waals surface area contributed by atoms with Crippen molar-refractivity contribution in [2.24, 2.45) is 0 Å². The van der Waals surface area contributed by atoms with Crippen LogP contribution in [0.25, 0.3) is 0 Å². The van der Waals surface area contributed by atoms with Crippen LogP contribution in [0.2, 0.25) is 0 Å². The van der Waals surface area contributed by atoms with Crippen LogP contribution in [0.15, 0.2) is 29.2 Å². The third-order valence-corrected chi connectivity index (χ3v) is 6.74. The highest BCUT2D eigenvalue weighted by molar-refractivity contribution is 7.89. The minimum absolute atomic E-state index is 0.00244. The summed E-state index contributed by atoms with van der Waals surface area (Å²) in [6.45, 7) is 4.21. The molecule has 132 valence electrons. The van der Waals surface area contributed by atoms with E-state index in [-0.39, 0.29) is 12.0 Å². The van der Waals surface area contributed by atoms with Gasteiger partial charge in [0.05, 0.1) is 4.90 Å². The Kier molecular flexibility index (Phi) is 5.22. The molecule has 0 bridgehead atoms. The second-order valence-electron chi connectivity index (χ2n) is 6.35. The molecule has 2 saturated heterocycles. The van der Waals surface area contributed by atoms with Crippen LogP contribution in [-0.4, -0.2) is 62.4 Å². The molecule has 1 amide bonds. The maximum atomic E-state index is 12.9. The molecule has 1 aromatic carbocycles. The average Bonchev–Trinajstić information content (AvgIpc) is 2.98. The van der Waals surface area contributed by atoms with Crippen molar-refractivity contribution in [2.75, 3.05) is 32.8 Å². The van der Waals surface area contributed by atoms with Gasteiger partial charge in [-0.3, -0.25) is 4.79 Å². The molecule has 0 spiro atoms. The fourth-order valence-corrected chi connectivity index (χ4v) is 5.01. The smallest absolute Gasteiger partial charge is 0.251 e. The molecule has 0 N–H and O–H groups in total. The summed E-state index contributed by atoms with van der Waals surface area (Å²) < 4.78 is 32.7. The van der Waals surface area contributed by atoms with Crippen LogP contribution in [0.5, 0.6) is 0 Å². The molecular formula is C17H24N2O4S. The van der Waals surface area contributed by atoms with E-state index in [1.807, 2.05) is 6.07 Å². The van der Waals surface area contributed by atoms with Crippen LogP contribution in [0.1, 0.15) is 24.8 Å². The van der Waals surface area contributed by atoms with Crippen molar-refractivity contribution in [2.45, 2.75) is 37.2 Å². The van der Waals surface area contributed by atoms with Crippen molar-refractivity contribution in [1.82, 2.24) is 9.21 Å². The van der Waals surface area contributed by atoms with E-state index in [2.05, 4.69) is 0 Å². The molecule has 1 unspecified atom stereocenters. The van der Waals surface area contributed by atoms with Gasteiger partial charge in [-0.1, -0.05) is 18.2 Å². The van der Waals surface area contributed by atoms with Gasteiger partial charge in [-0.05, 0) is 37.8 Å². The highest BCUT2D eigenvalue weighted by Crippen LogP contribution is 2.22. The van der Waals surface area contributed by atoms with E-state index in [0.29, 0.717) is 44.1 Å². The second kappa shape index (κ2) is 7.21. The maximum absolute atomic E-state index is 12.9. The number of aryl methyl sites for hydroxylation is 1. The minimum Gasteiger partial charge on any atom is -0.368 e. The van der Waals surface area contributed by atoms with Gasteiger partial charge in [-0.25, -0.2) is 8.42 Å². The topological polar surface area (TPSA) is 66.9 Å². The van der Waals surface area contributed by atoms with Crippen molar-refractivity contribution in [3.8, 4) is 0 Å². The molecule has 2 aliphatic rings. The molecule has 2 aliphatic heterocycles. The third kappa shape index (κ3) is 3.48. The highest BCUT2D eigenvalue weighted by atomic mass is 32.2. The lowest BCUT2D eigenvalue weighted by molar-refractivity contribution is -0.140. The third-order valence-electron chi connectivity index (χ3n) is 4.68.